The third-order valence-electron chi connectivity index (χ3n) is 2.77. The van der Waals surface area contributed by atoms with Crippen LogP contribution in [0.3, 0.4) is 0 Å². The van der Waals surface area contributed by atoms with E-state index in [1.54, 1.807) is 14.0 Å². The van der Waals surface area contributed by atoms with Crippen molar-refractivity contribution in [2.45, 2.75) is 13.5 Å². The predicted octanol–water partition coefficient (Wildman–Crippen LogP) is 1.26. The van der Waals surface area contributed by atoms with Crippen LogP contribution in [0.4, 0.5) is 14.5 Å². The average molecular weight is 271 g/mol. The van der Waals surface area contributed by atoms with E-state index in [4.69, 9.17) is 0 Å². The fourth-order valence-electron chi connectivity index (χ4n) is 1.83. The summed E-state index contributed by atoms with van der Waals surface area (Å²) in [6.45, 7) is 2.39. The second kappa shape index (κ2) is 7.04. The lowest BCUT2D eigenvalue weighted by molar-refractivity contribution is -0.119. The van der Waals surface area contributed by atoms with Crippen LogP contribution in [0.5, 0.6) is 0 Å². The minimum absolute atomic E-state index is 0.0772. The average Bonchev–Trinajstić information content (AvgIpc) is 2.36. The molecule has 1 aromatic carbocycles. The summed E-state index contributed by atoms with van der Waals surface area (Å²) in [5.74, 6) is -1.60. The minimum Gasteiger partial charge on any atom is -0.358 e. The number of halogens is 2. The Kier molecular flexibility index (Phi) is 5.69. The molecule has 0 aliphatic rings. The predicted molar refractivity (Wildman–Crippen MR) is 71.1 cm³/mol. The number of rotatable bonds is 6. The van der Waals surface area contributed by atoms with E-state index in [0.717, 1.165) is 0 Å². The molecule has 0 spiro atoms. The molecule has 0 aromatic heterocycles. The zero-order valence-corrected chi connectivity index (χ0v) is 11.4. The fourth-order valence-corrected chi connectivity index (χ4v) is 1.83. The van der Waals surface area contributed by atoms with E-state index in [1.165, 1.54) is 24.1 Å². The molecule has 106 valence electrons. The van der Waals surface area contributed by atoms with Gasteiger partial charge in [-0.2, -0.15) is 0 Å². The van der Waals surface area contributed by atoms with Crippen molar-refractivity contribution in [2.24, 2.45) is 0 Å². The van der Waals surface area contributed by atoms with E-state index >= 15 is 0 Å². The van der Waals surface area contributed by atoms with Gasteiger partial charge in [0.05, 0.1) is 6.54 Å². The molecule has 0 aliphatic carbocycles. The van der Waals surface area contributed by atoms with Crippen molar-refractivity contribution in [3.63, 3.8) is 0 Å². The fraction of sp³-hybridized carbons (Fsp3) is 0.462. The molecule has 0 aliphatic heterocycles. The summed E-state index contributed by atoms with van der Waals surface area (Å²) in [4.78, 5) is 12.7. The van der Waals surface area contributed by atoms with Crippen LogP contribution in [-0.4, -0.2) is 33.1 Å². The van der Waals surface area contributed by atoms with Gasteiger partial charge in [0.25, 0.3) is 0 Å². The van der Waals surface area contributed by atoms with Crippen molar-refractivity contribution < 1.29 is 13.6 Å². The van der Waals surface area contributed by atoms with E-state index in [1.807, 2.05) is 0 Å². The molecule has 19 heavy (non-hydrogen) atoms. The Morgan fingerprint density at radius 1 is 1.26 bits per heavy atom. The molecule has 1 rings (SSSR count). The van der Waals surface area contributed by atoms with Gasteiger partial charge in [0.15, 0.2) is 0 Å². The summed E-state index contributed by atoms with van der Waals surface area (Å²) in [5, 5.41) is 5.27. The van der Waals surface area contributed by atoms with Crippen molar-refractivity contribution in [1.82, 2.24) is 10.6 Å². The topological polar surface area (TPSA) is 44.4 Å². The number of amides is 1. The maximum atomic E-state index is 14.0. The molecule has 0 heterocycles. The maximum absolute atomic E-state index is 14.0. The molecule has 1 amide bonds. The highest BCUT2D eigenvalue weighted by atomic mass is 19.1. The summed E-state index contributed by atoms with van der Waals surface area (Å²) < 4.78 is 28.0. The second-order valence-corrected chi connectivity index (χ2v) is 4.13. The SMILES string of the molecule is CCN(CC(=O)NC)c1c(F)cc(CNC)cc1F. The van der Waals surface area contributed by atoms with Crippen molar-refractivity contribution in [3.8, 4) is 0 Å². The lowest BCUT2D eigenvalue weighted by Gasteiger charge is -2.23. The Morgan fingerprint density at radius 2 is 1.84 bits per heavy atom. The molecule has 4 nitrogen and oxygen atoms in total. The Hall–Kier alpha value is -1.69. The minimum atomic E-state index is -0.656. The number of nitrogens with zero attached hydrogens (tertiary/aromatic N) is 1. The van der Waals surface area contributed by atoms with Crippen molar-refractivity contribution in [3.05, 3.63) is 29.3 Å². The zero-order valence-electron chi connectivity index (χ0n) is 11.4. The zero-order chi connectivity index (χ0) is 14.4. The smallest absolute Gasteiger partial charge is 0.239 e. The third-order valence-corrected chi connectivity index (χ3v) is 2.77. The largest absolute Gasteiger partial charge is 0.358 e. The van der Waals surface area contributed by atoms with Crippen LogP contribution >= 0.6 is 0 Å². The number of carbonyl (C=O) groups excluding carboxylic acids is 1. The van der Waals surface area contributed by atoms with E-state index in [2.05, 4.69) is 10.6 Å². The van der Waals surface area contributed by atoms with E-state index in [9.17, 15) is 13.6 Å². The van der Waals surface area contributed by atoms with Crippen LogP contribution < -0.4 is 15.5 Å². The van der Waals surface area contributed by atoms with Gasteiger partial charge >= 0.3 is 0 Å². The van der Waals surface area contributed by atoms with Gasteiger partial charge in [0, 0.05) is 20.1 Å². The molecule has 0 unspecified atom stereocenters. The Bertz CT molecular complexity index is 429. The van der Waals surface area contributed by atoms with Crippen molar-refractivity contribution >= 4 is 11.6 Å². The summed E-state index contributed by atoms with van der Waals surface area (Å²) in [7, 11) is 3.19. The van der Waals surface area contributed by atoms with Gasteiger partial charge in [-0.25, -0.2) is 8.78 Å². The molecular formula is C13H19F2N3O. The Labute approximate surface area is 111 Å². The lowest BCUT2D eigenvalue weighted by Crippen LogP contribution is -2.36. The highest BCUT2D eigenvalue weighted by Gasteiger charge is 2.18. The number of hydrogen-bond acceptors (Lipinski definition) is 3. The van der Waals surface area contributed by atoms with Gasteiger partial charge in [-0.15, -0.1) is 0 Å². The van der Waals surface area contributed by atoms with Gasteiger partial charge in [-0.1, -0.05) is 0 Å². The summed E-state index contributed by atoms with van der Waals surface area (Å²) in [5.41, 5.74) is 0.364. The molecule has 6 heteroatoms. The number of hydrogen-bond donors (Lipinski definition) is 2. The Balaban J connectivity index is 3.06. The van der Waals surface area contributed by atoms with E-state index < -0.39 is 11.6 Å². The van der Waals surface area contributed by atoms with Gasteiger partial charge in [-0.05, 0) is 31.7 Å². The second-order valence-electron chi connectivity index (χ2n) is 4.13. The monoisotopic (exact) mass is 271 g/mol. The summed E-state index contributed by atoms with van der Waals surface area (Å²) in [6.07, 6.45) is 0. The van der Waals surface area contributed by atoms with Crippen molar-refractivity contribution in [2.75, 3.05) is 32.1 Å². The van der Waals surface area contributed by atoms with Gasteiger partial charge in [-0.3, -0.25) is 4.79 Å². The van der Waals surface area contributed by atoms with Crippen LogP contribution in [0.2, 0.25) is 0 Å². The normalized spacial score (nSPS) is 10.4. The first-order valence-electron chi connectivity index (χ1n) is 6.11. The van der Waals surface area contributed by atoms with Crippen LogP contribution in [0, 0.1) is 11.6 Å². The number of nitrogens with one attached hydrogen (secondary N) is 2. The number of likely N-dealkylation sites (N-methyl/N-ethyl adjacent to an activating group) is 2. The molecular weight excluding hydrogens is 252 g/mol. The van der Waals surface area contributed by atoms with Crippen molar-refractivity contribution in [1.29, 1.82) is 0 Å². The first-order valence-corrected chi connectivity index (χ1v) is 6.11. The highest BCUT2D eigenvalue weighted by molar-refractivity contribution is 5.81. The summed E-state index contributed by atoms with van der Waals surface area (Å²) in [6, 6.07) is 2.56. The first kappa shape index (κ1) is 15.4. The molecule has 1 aromatic rings. The first-order chi connectivity index (χ1) is 9.03. The molecule has 2 N–H and O–H groups in total. The number of carbonyl (C=O) groups is 1. The molecule has 0 radical (unpaired) electrons. The molecule has 0 atom stereocenters. The third kappa shape index (κ3) is 3.89. The molecule has 0 bridgehead atoms. The van der Waals surface area contributed by atoms with Crippen LogP contribution in [0.25, 0.3) is 0 Å². The number of anilines is 1. The summed E-state index contributed by atoms with van der Waals surface area (Å²) >= 11 is 0. The van der Waals surface area contributed by atoms with Crippen LogP contribution in [-0.2, 0) is 11.3 Å². The van der Waals surface area contributed by atoms with Crippen LogP contribution in [0.15, 0.2) is 12.1 Å². The lowest BCUT2D eigenvalue weighted by atomic mass is 10.1. The maximum Gasteiger partial charge on any atom is 0.239 e. The highest BCUT2D eigenvalue weighted by Crippen LogP contribution is 2.24. The van der Waals surface area contributed by atoms with E-state index in [0.29, 0.717) is 18.7 Å². The van der Waals surface area contributed by atoms with Crippen LogP contribution in [0.1, 0.15) is 12.5 Å². The quantitative estimate of drug-likeness (QED) is 0.818. The molecule has 0 fully saturated rings. The standard InChI is InChI=1S/C13H19F2N3O/c1-4-18(8-12(19)17-3)13-10(14)5-9(7-16-2)6-11(13)15/h5-6,16H,4,7-8H2,1-3H3,(H,17,19). The Morgan fingerprint density at radius 3 is 2.26 bits per heavy atom. The van der Waals surface area contributed by atoms with E-state index in [-0.39, 0.29) is 18.1 Å². The molecule has 0 saturated heterocycles. The molecule has 0 saturated carbocycles. The van der Waals surface area contributed by atoms with Gasteiger partial charge < -0.3 is 15.5 Å². The van der Waals surface area contributed by atoms with Gasteiger partial charge in [0.1, 0.15) is 17.3 Å². The van der Waals surface area contributed by atoms with Gasteiger partial charge in [0.2, 0.25) is 5.91 Å². The number of benzene rings is 1.